The standard InChI is InChI=1S/C10H9ClN4OS/c11-6-1-3-7(4-2-6)13-10(17)15-8(12)5-9(16)14-15/h1-5H,12H2,(H,13,17)(H,14,16). The number of H-pyrrole nitrogens is 1. The van der Waals surface area contributed by atoms with Gasteiger partial charge in [0.2, 0.25) is 0 Å². The normalized spacial score (nSPS) is 10.2. The van der Waals surface area contributed by atoms with Crippen LogP contribution in [0.2, 0.25) is 5.02 Å². The molecule has 1 aromatic carbocycles. The number of nitrogens with one attached hydrogen (secondary N) is 2. The molecule has 1 aromatic heterocycles. The number of aromatic nitrogens is 2. The van der Waals surface area contributed by atoms with Crippen LogP contribution in [0.5, 0.6) is 0 Å². The number of benzene rings is 1. The van der Waals surface area contributed by atoms with Crippen LogP contribution in [0.1, 0.15) is 0 Å². The first kappa shape index (κ1) is 11.7. The van der Waals surface area contributed by atoms with Crippen molar-refractivity contribution in [2.75, 3.05) is 11.1 Å². The van der Waals surface area contributed by atoms with Crippen LogP contribution >= 0.6 is 23.8 Å². The Morgan fingerprint density at radius 2 is 2.06 bits per heavy atom. The first-order valence-corrected chi connectivity index (χ1v) is 5.49. The van der Waals surface area contributed by atoms with Gasteiger partial charge >= 0.3 is 0 Å². The highest BCUT2D eigenvalue weighted by Gasteiger charge is 2.05. The predicted molar refractivity (Wildman–Crippen MR) is 72.5 cm³/mol. The number of anilines is 2. The van der Waals surface area contributed by atoms with Gasteiger partial charge in [0, 0.05) is 16.8 Å². The Morgan fingerprint density at radius 3 is 2.59 bits per heavy atom. The molecule has 0 aliphatic heterocycles. The van der Waals surface area contributed by atoms with Crippen LogP contribution in [0.15, 0.2) is 35.1 Å². The first-order chi connectivity index (χ1) is 8.06. The third-order valence-corrected chi connectivity index (χ3v) is 2.59. The number of thiocarbonyl (C=S) groups is 1. The number of aromatic amines is 1. The summed E-state index contributed by atoms with van der Waals surface area (Å²) in [5.74, 6) is 0.251. The maximum absolute atomic E-state index is 11.1. The molecule has 17 heavy (non-hydrogen) atoms. The van der Waals surface area contributed by atoms with Gasteiger partial charge in [0.15, 0.2) is 5.11 Å². The van der Waals surface area contributed by atoms with Crippen molar-refractivity contribution in [2.24, 2.45) is 0 Å². The quantitative estimate of drug-likeness (QED) is 0.688. The Balaban J connectivity index is 2.20. The van der Waals surface area contributed by atoms with E-state index in [0.29, 0.717) is 5.02 Å². The number of nitrogens with zero attached hydrogens (tertiary/aromatic N) is 1. The second kappa shape index (κ2) is 4.60. The monoisotopic (exact) mass is 268 g/mol. The van der Waals surface area contributed by atoms with Gasteiger partial charge in [-0.25, -0.2) is 4.68 Å². The van der Waals surface area contributed by atoms with Gasteiger partial charge < -0.3 is 11.1 Å². The molecule has 0 aliphatic carbocycles. The minimum atomic E-state index is -0.303. The summed E-state index contributed by atoms with van der Waals surface area (Å²) in [6.07, 6.45) is 0. The lowest BCUT2D eigenvalue weighted by Gasteiger charge is -2.09. The molecular weight excluding hydrogens is 260 g/mol. The lowest BCUT2D eigenvalue weighted by Crippen LogP contribution is -2.23. The molecule has 0 saturated carbocycles. The van der Waals surface area contributed by atoms with Crippen molar-refractivity contribution in [1.82, 2.24) is 9.78 Å². The van der Waals surface area contributed by atoms with Gasteiger partial charge in [-0.15, -0.1) is 0 Å². The fourth-order valence-electron chi connectivity index (χ4n) is 1.29. The molecule has 0 radical (unpaired) electrons. The van der Waals surface area contributed by atoms with Crippen LogP contribution < -0.4 is 16.6 Å². The Kier molecular flexibility index (Phi) is 3.16. The van der Waals surface area contributed by atoms with E-state index in [1.165, 1.54) is 10.7 Å². The van der Waals surface area contributed by atoms with Crippen LogP contribution in [-0.2, 0) is 0 Å². The van der Waals surface area contributed by atoms with Crippen molar-refractivity contribution in [3.05, 3.63) is 45.7 Å². The van der Waals surface area contributed by atoms with E-state index in [4.69, 9.17) is 29.6 Å². The van der Waals surface area contributed by atoms with Crippen molar-refractivity contribution < 1.29 is 0 Å². The minimum Gasteiger partial charge on any atom is -0.383 e. The number of nitrogen functional groups attached to an aromatic ring is 1. The van der Waals surface area contributed by atoms with Crippen molar-refractivity contribution in [3.63, 3.8) is 0 Å². The zero-order valence-corrected chi connectivity index (χ0v) is 10.2. The number of hydrogen-bond donors (Lipinski definition) is 3. The SMILES string of the molecule is Nc1cc(=O)[nH]n1C(=S)Nc1ccc(Cl)cc1. The van der Waals surface area contributed by atoms with E-state index < -0.39 is 0 Å². The van der Waals surface area contributed by atoms with Gasteiger partial charge in [0.1, 0.15) is 5.82 Å². The van der Waals surface area contributed by atoms with Gasteiger partial charge in [-0.1, -0.05) is 11.6 Å². The summed E-state index contributed by atoms with van der Waals surface area (Å²) in [4.78, 5) is 11.1. The lowest BCUT2D eigenvalue weighted by atomic mass is 10.3. The van der Waals surface area contributed by atoms with E-state index in [9.17, 15) is 4.79 Å². The zero-order valence-electron chi connectivity index (χ0n) is 8.61. The number of rotatable bonds is 1. The smallest absolute Gasteiger partial charge is 0.266 e. The van der Waals surface area contributed by atoms with Crippen molar-refractivity contribution in [3.8, 4) is 0 Å². The number of halogens is 1. The second-order valence-electron chi connectivity index (χ2n) is 3.32. The van der Waals surface area contributed by atoms with E-state index in [1.54, 1.807) is 24.3 Å². The Labute approximate surface area is 107 Å². The lowest BCUT2D eigenvalue weighted by molar-refractivity contribution is 0.935. The molecule has 0 fully saturated rings. The molecule has 0 atom stereocenters. The minimum absolute atomic E-state index is 0.251. The van der Waals surface area contributed by atoms with E-state index in [1.807, 2.05) is 0 Å². The summed E-state index contributed by atoms with van der Waals surface area (Å²) in [7, 11) is 0. The summed E-state index contributed by atoms with van der Waals surface area (Å²) < 4.78 is 1.30. The molecule has 2 rings (SSSR count). The fourth-order valence-corrected chi connectivity index (χ4v) is 1.68. The maximum atomic E-state index is 11.1. The molecular formula is C10H9ClN4OS. The summed E-state index contributed by atoms with van der Waals surface area (Å²) in [6.45, 7) is 0. The van der Waals surface area contributed by atoms with Gasteiger partial charge in [-0.2, -0.15) is 0 Å². The van der Waals surface area contributed by atoms with E-state index >= 15 is 0 Å². The Morgan fingerprint density at radius 1 is 1.41 bits per heavy atom. The fraction of sp³-hybridized carbons (Fsp3) is 0. The molecule has 0 bridgehead atoms. The zero-order chi connectivity index (χ0) is 12.4. The van der Waals surface area contributed by atoms with E-state index in [-0.39, 0.29) is 16.5 Å². The number of nitrogens with two attached hydrogens (primary N) is 1. The van der Waals surface area contributed by atoms with Crippen LogP contribution in [0.3, 0.4) is 0 Å². The van der Waals surface area contributed by atoms with Gasteiger partial charge in [0.25, 0.3) is 5.56 Å². The summed E-state index contributed by atoms with van der Waals surface area (Å²) in [6, 6.07) is 8.26. The molecule has 4 N–H and O–H groups in total. The highest BCUT2D eigenvalue weighted by molar-refractivity contribution is 7.80. The summed E-state index contributed by atoms with van der Waals surface area (Å²) in [5, 5.41) is 6.33. The molecule has 0 saturated heterocycles. The molecule has 0 unspecified atom stereocenters. The topological polar surface area (TPSA) is 75.8 Å². The van der Waals surface area contributed by atoms with E-state index in [2.05, 4.69) is 10.4 Å². The number of hydrogen-bond acceptors (Lipinski definition) is 3. The largest absolute Gasteiger partial charge is 0.383 e. The third-order valence-electron chi connectivity index (χ3n) is 2.06. The molecule has 0 amide bonds. The summed E-state index contributed by atoms with van der Waals surface area (Å²) in [5.41, 5.74) is 6.06. The van der Waals surface area contributed by atoms with Crippen molar-refractivity contribution in [2.45, 2.75) is 0 Å². The average Bonchev–Trinajstić information content (AvgIpc) is 2.61. The van der Waals surface area contributed by atoms with Gasteiger partial charge in [0.05, 0.1) is 0 Å². The third kappa shape index (κ3) is 2.66. The van der Waals surface area contributed by atoms with E-state index in [0.717, 1.165) is 5.69 Å². The van der Waals surface area contributed by atoms with Crippen molar-refractivity contribution >= 4 is 40.4 Å². The molecule has 0 spiro atoms. The molecule has 0 aliphatic rings. The molecule has 7 heteroatoms. The molecule has 1 heterocycles. The van der Waals surface area contributed by atoms with Crippen LogP contribution in [0.4, 0.5) is 11.5 Å². The Hall–Kier alpha value is -1.79. The van der Waals surface area contributed by atoms with Crippen LogP contribution in [-0.4, -0.2) is 14.9 Å². The highest BCUT2D eigenvalue weighted by atomic mass is 35.5. The molecule has 5 nitrogen and oxygen atoms in total. The van der Waals surface area contributed by atoms with Crippen LogP contribution in [0, 0.1) is 0 Å². The predicted octanol–water partition coefficient (Wildman–Crippen LogP) is 1.66. The molecule has 88 valence electrons. The highest BCUT2D eigenvalue weighted by Crippen LogP contribution is 2.13. The maximum Gasteiger partial charge on any atom is 0.266 e. The summed E-state index contributed by atoms with van der Waals surface area (Å²) >= 11 is 10.9. The average molecular weight is 269 g/mol. The van der Waals surface area contributed by atoms with Crippen molar-refractivity contribution in [1.29, 1.82) is 0 Å². The second-order valence-corrected chi connectivity index (χ2v) is 4.14. The van der Waals surface area contributed by atoms with Gasteiger partial charge in [-0.3, -0.25) is 9.89 Å². The Bertz CT molecular complexity index is 602. The van der Waals surface area contributed by atoms with Gasteiger partial charge in [-0.05, 0) is 36.5 Å². The van der Waals surface area contributed by atoms with Crippen LogP contribution in [0.25, 0.3) is 0 Å². The first-order valence-electron chi connectivity index (χ1n) is 4.71. The molecule has 2 aromatic rings.